The second kappa shape index (κ2) is 11.2. The zero-order valence-corrected chi connectivity index (χ0v) is 19.5. The molecule has 1 aliphatic rings. The van der Waals surface area contributed by atoms with E-state index in [9.17, 15) is 4.79 Å². The van der Waals surface area contributed by atoms with Crippen LogP contribution >= 0.6 is 11.3 Å². The number of nitrogens with one attached hydrogen (secondary N) is 1. The van der Waals surface area contributed by atoms with E-state index in [1.54, 1.807) is 11.3 Å². The molecular weight excluding hydrogens is 420 g/mol. The third-order valence-electron chi connectivity index (χ3n) is 5.94. The summed E-state index contributed by atoms with van der Waals surface area (Å²) < 4.78 is 1.96. The summed E-state index contributed by atoms with van der Waals surface area (Å²) in [4.78, 5) is 17.4. The maximum Gasteiger partial charge on any atom is 0.224 e. The lowest BCUT2D eigenvalue weighted by Gasteiger charge is -2.31. The van der Waals surface area contributed by atoms with Gasteiger partial charge in [0.1, 0.15) is 0 Å². The predicted molar refractivity (Wildman–Crippen MR) is 129 cm³/mol. The fourth-order valence-corrected chi connectivity index (χ4v) is 4.96. The van der Waals surface area contributed by atoms with Crippen LogP contribution in [-0.2, 0) is 11.3 Å². The molecule has 1 saturated heterocycles. The summed E-state index contributed by atoms with van der Waals surface area (Å²) in [5.41, 5.74) is 1.33. The maximum atomic E-state index is 12.8. The highest BCUT2D eigenvalue weighted by Crippen LogP contribution is 2.27. The number of rotatable bonds is 10. The Morgan fingerprint density at radius 3 is 2.72 bits per heavy atom. The van der Waals surface area contributed by atoms with E-state index in [2.05, 4.69) is 56.5 Å². The Morgan fingerprint density at radius 2 is 1.94 bits per heavy atom. The highest BCUT2D eigenvalue weighted by molar-refractivity contribution is 7.17. The molecule has 8 heteroatoms. The van der Waals surface area contributed by atoms with Crippen LogP contribution in [0, 0.1) is 5.92 Å². The summed E-state index contributed by atoms with van der Waals surface area (Å²) in [6.45, 7) is 7.49. The first-order valence-electron chi connectivity index (χ1n) is 11.5. The van der Waals surface area contributed by atoms with Crippen LogP contribution in [-0.4, -0.2) is 58.3 Å². The average Bonchev–Trinajstić information content (AvgIpc) is 3.54. The third kappa shape index (κ3) is 5.95. The number of carbonyl (C=O) groups excluding carboxylic acids is 1. The quantitative estimate of drug-likeness (QED) is 0.477. The first-order valence-corrected chi connectivity index (χ1v) is 12.3. The van der Waals surface area contributed by atoms with Crippen LogP contribution in [0.3, 0.4) is 0 Å². The van der Waals surface area contributed by atoms with Crippen molar-refractivity contribution < 1.29 is 4.79 Å². The van der Waals surface area contributed by atoms with E-state index in [0.717, 1.165) is 62.2 Å². The minimum atomic E-state index is 0.00859. The van der Waals surface area contributed by atoms with E-state index < -0.39 is 0 Å². The van der Waals surface area contributed by atoms with Crippen LogP contribution < -0.4 is 10.2 Å². The summed E-state index contributed by atoms with van der Waals surface area (Å²) in [5.74, 6) is 0.172. The summed E-state index contributed by atoms with van der Waals surface area (Å²) in [7, 11) is 0. The molecule has 1 amide bonds. The van der Waals surface area contributed by atoms with Crippen molar-refractivity contribution in [1.29, 1.82) is 0 Å². The molecule has 2 aromatic heterocycles. The Morgan fingerprint density at radius 1 is 1.16 bits per heavy atom. The summed E-state index contributed by atoms with van der Waals surface area (Å²) >= 11 is 1.57. The highest BCUT2D eigenvalue weighted by Gasteiger charge is 2.27. The van der Waals surface area contributed by atoms with Crippen LogP contribution in [0.2, 0.25) is 0 Å². The number of hydrogen-bond donors (Lipinski definition) is 1. The van der Waals surface area contributed by atoms with Gasteiger partial charge in [-0.05, 0) is 43.5 Å². The van der Waals surface area contributed by atoms with Crippen molar-refractivity contribution in [3.63, 3.8) is 0 Å². The molecule has 1 atom stereocenters. The molecule has 0 bridgehead atoms. The highest BCUT2D eigenvalue weighted by atomic mass is 32.1. The fourth-order valence-electron chi connectivity index (χ4n) is 4.12. The zero-order valence-electron chi connectivity index (χ0n) is 18.7. The first kappa shape index (κ1) is 22.5. The van der Waals surface area contributed by atoms with Gasteiger partial charge in [0.15, 0.2) is 0 Å². The van der Waals surface area contributed by atoms with Crippen LogP contribution in [0.5, 0.6) is 0 Å². The normalized spacial score (nSPS) is 16.4. The maximum absolute atomic E-state index is 12.8. The largest absolute Gasteiger partial charge is 0.356 e. The Bertz CT molecular complexity index is 958. The molecule has 0 aliphatic carbocycles. The van der Waals surface area contributed by atoms with Crippen LogP contribution in [0.1, 0.15) is 31.7 Å². The molecule has 1 N–H and O–H groups in total. The van der Waals surface area contributed by atoms with Crippen molar-refractivity contribution in [2.45, 2.75) is 32.7 Å². The smallest absolute Gasteiger partial charge is 0.224 e. The standard InChI is InChI=1S/C24H32N6OS/c1-2-28(18-20-10-4-3-5-11-20)14-9-13-25-22(31)21-12-8-17-30(19-21)24-27-26-23(32-24)29-15-6-7-16-29/h3-7,10-11,15-16,21H,2,8-9,12-14,17-19H2,1H3,(H,25,31). The average molecular weight is 453 g/mol. The molecule has 3 aromatic rings. The van der Waals surface area contributed by atoms with E-state index >= 15 is 0 Å². The van der Waals surface area contributed by atoms with Crippen LogP contribution in [0.15, 0.2) is 54.9 Å². The molecule has 4 rings (SSSR count). The number of nitrogens with zero attached hydrogens (tertiary/aromatic N) is 5. The number of amides is 1. The SMILES string of the molecule is CCN(CCCNC(=O)C1CCCN(c2nnc(-n3cccc3)s2)C1)Cc1ccccc1. The lowest BCUT2D eigenvalue weighted by atomic mass is 9.97. The van der Waals surface area contributed by atoms with Gasteiger partial charge in [-0.15, -0.1) is 10.2 Å². The molecule has 1 unspecified atom stereocenters. The lowest BCUT2D eigenvalue weighted by Crippen LogP contribution is -2.43. The Hall–Kier alpha value is -2.71. The number of benzene rings is 1. The summed E-state index contributed by atoms with van der Waals surface area (Å²) in [6.07, 6.45) is 6.82. The number of carbonyl (C=O) groups is 1. The Kier molecular flexibility index (Phi) is 7.90. The predicted octanol–water partition coefficient (Wildman–Crippen LogP) is 3.57. The van der Waals surface area contributed by atoms with Gasteiger partial charge < -0.3 is 10.2 Å². The van der Waals surface area contributed by atoms with Gasteiger partial charge in [-0.2, -0.15) is 0 Å². The zero-order chi connectivity index (χ0) is 22.2. The minimum absolute atomic E-state index is 0.00859. The van der Waals surface area contributed by atoms with Gasteiger partial charge in [0.25, 0.3) is 0 Å². The van der Waals surface area contributed by atoms with Gasteiger partial charge in [-0.25, -0.2) is 0 Å². The second-order valence-corrected chi connectivity index (χ2v) is 9.18. The van der Waals surface area contributed by atoms with Crippen molar-refractivity contribution in [1.82, 2.24) is 25.0 Å². The first-order chi connectivity index (χ1) is 15.7. The minimum Gasteiger partial charge on any atom is -0.356 e. The number of aromatic nitrogens is 3. The molecule has 0 saturated carbocycles. The van der Waals surface area contributed by atoms with E-state index in [0.29, 0.717) is 6.54 Å². The fraction of sp³-hybridized carbons (Fsp3) is 0.458. The molecule has 1 aromatic carbocycles. The number of anilines is 1. The van der Waals surface area contributed by atoms with E-state index in [-0.39, 0.29) is 11.8 Å². The van der Waals surface area contributed by atoms with Gasteiger partial charge in [0.05, 0.1) is 5.92 Å². The topological polar surface area (TPSA) is 66.3 Å². The van der Waals surface area contributed by atoms with E-state index in [1.807, 2.05) is 35.2 Å². The van der Waals surface area contributed by atoms with Crippen molar-refractivity contribution in [3.05, 3.63) is 60.4 Å². The van der Waals surface area contributed by atoms with Crippen LogP contribution in [0.25, 0.3) is 5.13 Å². The molecular formula is C24H32N6OS. The molecule has 7 nitrogen and oxygen atoms in total. The molecule has 0 radical (unpaired) electrons. The second-order valence-electron chi connectivity index (χ2n) is 8.24. The summed E-state index contributed by atoms with van der Waals surface area (Å²) in [6, 6.07) is 14.5. The number of piperidine rings is 1. The van der Waals surface area contributed by atoms with Gasteiger partial charge in [0, 0.05) is 45.1 Å². The molecule has 1 aliphatic heterocycles. The van der Waals surface area contributed by atoms with Gasteiger partial charge >= 0.3 is 0 Å². The van der Waals surface area contributed by atoms with Gasteiger partial charge in [-0.3, -0.25) is 14.3 Å². The van der Waals surface area contributed by atoms with Crippen molar-refractivity contribution in [2.24, 2.45) is 5.92 Å². The van der Waals surface area contributed by atoms with Crippen molar-refractivity contribution >= 4 is 22.4 Å². The Balaban J connectivity index is 1.21. The van der Waals surface area contributed by atoms with E-state index in [1.165, 1.54) is 5.56 Å². The monoisotopic (exact) mass is 452 g/mol. The number of hydrogen-bond acceptors (Lipinski definition) is 6. The van der Waals surface area contributed by atoms with Crippen molar-refractivity contribution in [3.8, 4) is 5.13 Å². The van der Waals surface area contributed by atoms with Gasteiger partial charge in [-0.1, -0.05) is 48.6 Å². The molecule has 32 heavy (non-hydrogen) atoms. The molecule has 0 spiro atoms. The molecule has 3 heterocycles. The molecule has 1 fully saturated rings. The molecule has 170 valence electrons. The summed E-state index contributed by atoms with van der Waals surface area (Å²) in [5, 5.41) is 13.6. The Labute approximate surface area is 194 Å². The van der Waals surface area contributed by atoms with E-state index in [4.69, 9.17) is 0 Å². The third-order valence-corrected chi connectivity index (χ3v) is 6.94. The van der Waals surface area contributed by atoms with Gasteiger partial charge in [0.2, 0.25) is 16.2 Å². The van der Waals surface area contributed by atoms with Crippen LogP contribution in [0.4, 0.5) is 5.13 Å². The van der Waals surface area contributed by atoms with Crippen molar-refractivity contribution in [2.75, 3.05) is 37.6 Å². The lowest BCUT2D eigenvalue weighted by molar-refractivity contribution is -0.125.